The highest BCUT2D eigenvalue weighted by Gasteiger charge is 2.49. The number of thiophene rings is 1. The molecule has 10 aromatic rings. The van der Waals surface area contributed by atoms with Crippen LogP contribution in [0.5, 0.6) is 11.5 Å². The zero-order valence-corrected chi connectivity index (χ0v) is 30.0. The van der Waals surface area contributed by atoms with Gasteiger partial charge in [0.25, 0.3) is 0 Å². The molecule has 1 spiro atoms. The maximum absolute atomic E-state index is 6.99. The zero-order valence-electron chi connectivity index (χ0n) is 29.2. The molecule has 0 fully saturated rings. The maximum atomic E-state index is 6.99. The smallest absolute Gasteiger partial charge is 0.134 e. The number of anilines is 3. The lowest BCUT2D eigenvalue weighted by atomic mass is 9.58. The average molecular weight is 706 g/mol. The molecule has 1 aliphatic heterocycles. The second-order valence-electron chi connectivity index (χ2n) is 14.4. The van der Waals surface area contributed by atoms with Crippen LogP contribution in [-0.4, -0.2) is 0 Å². The number of para-hydroxylation sites is 2. The number of fused-ring (bicyclic) bond motifs is 13. The molecule has 1 unspecified atom stereocenters. The van der Waals surface area contributed by atoms with Crippen molar-refractivity contribution in [2.24, 2.45) is 0 Å². The lowest BCUT2D eigenvalue weighted by molar-refractivity contribution is 0.435. The molecule has 2 nitrogen and oxygen atoms in total. The summed E-state index contributed by atoms with van der Waals surface area (Å²) in [6.45, 7) is 0. The van der Waals surface area contributed by atoms with Crippen LogP contribution < -0.4 is 9.64 Å². The van der Waals surface area contributed by atoms with Crippen molar-refractivity contribution < 1.29 is 4.74 Å². The summed E-state index contributed by atoms with van der Waals surface area (Å²) < 4.78 is 9.60. The summed E-state index contributed by atoms with van der Waals surface area (Å²) in [4.78, 5) is 2.36. The van der Waals surface area contributed by atoms with Crippen LogP contribution in [-0.2, 0) is 5.41 Å². The minimum absolute atomic E-state index is 0.566. The predicted molar refractivity (Wildman–Crippen MR) is 226 cm³/mol. The highest BCUT2D eigenvalue weighted by Crippen LogP contribution is 2.61. The minimum Gasteiger partial charge on any atom is -0.457 e. The van der Waals surface area contributed by atoms with E-state index >= 15 is 0 Å². The minimum atomic E-state index is -0.566. The van der Waals surface area contributed by atoms with Crippen molar-refractivity contribution in [2.75, 3.05) is 4.90 Å². The van der Waals surface area contributed by atoms with E-state index in [0.29, 0.717) is 0 Å². The van der Waals surface area contributed by atoms with Crippen LogP contribution in [0.1, 0.15) is 22.3 Å². The first-order chi connectivity index (χ1) is 26.8. The fourth-order valence-corrected chi connectivity index (χ4v) is 10.7. The molecule has 3 heteroatoms. The molecular weight excluding hydrogens is 675 g/mol. The maximum Gasteiger partial charge on any atom is 0.134 e. The summed E-state index contributed by atoms with van der Waals surface area (Å²) in [7, 11) is 0. The Labute approximate surface area is 316 Å². The van der Waals surface area contributed by atoms with Gasteiger partial charge in [0.05, 0.1) is 5.41 Å². The molecule has 1 aliphatic carbocycles. The van der Waals surface area contributed by atoms with E-state index in [2.05, 4.69) is 193 Å². The van der Waals surface area contributed by atoms with E-state index in [1.165, 1.54) is 69.5 Å². The SMILES string of the molecule is c1ccc(N(c2ccc3c(c2)Oc2ccccc2C32c3ccccc3-c3cccc4cccc2c34)c2ccc3c(c2)sc2c4ccccc4ccc32)cc1. The second-order valence-corrected chi connectivity index (χ2v) is 15.5. The Bertz CT molecular complexity index is 3160. The van der Waals surface area contributed by atoms with Crippen molar-refractivity contribution in [1.29, 1.82) is 0 Å². The van der Waals surface area contributed by atoms with Gasteiger partial charge in [0.1, 0.15) is 11.5 Å². The third kappa shape index (κ3) is 3.99. The molecular formula is C51H31NOS. The quantitative estimate of drug-likeness (QED) is 0.181. The molecule has 12 rings (SSSR count). The van der Waals surface area contributed by atoms with Gasteiger partial charge in [-0.2, -0.15) is 0 Å². The van der Waals surface area contributed by atoms with Gasteiger partial charge < -0.3 is 9.64 Å². The Hall–Kier alpha value is -6.68. The number of nitrogens with zero attached hydrogens (tertiary/aromatic N) is 1. The fraction of sp³-hybridized carbons (Fsp3) is 0.0196. The first kappa shape index (κ1) is 29.9. The summed E-state index contributed by atoms with van der Waals surface area (Å²) in [5.74, 6) is 1.76. The van der Waals surface area contributed by atoms with Gasteiger partial charge in [-0.3, -0.25) is 0 Å². The lowest BCUT2D eigenvalue weighted by Crippen LogP contribution is -2.36. The third-order valence-corrected chi connectivity index (χ3v) is 12.9. The van der Waals surface area contributed by atoms with Crippen LogP contribution in [0.2, 0.25) is 0 Å². The molecule has 2 aliphatic rings. The van der Waals surface area contributed by atoms with E-state index in [-0.39, 0.29) is 0 Å². The molecule has 1 atom stereocenters. The van der Waals surface area contributed by atoms with Crippen LogP contribution >= 0.6 is 11.3 Å². The average Bonchev–Trinajstić information content (AvgIpc) is 3.61. The van der Waals surface area contributed by atoms with E-state index in [1.54, 1.807) is 0 Å². The van der Waals surface area contributed by atoms with Crippen molar-refractivity contribution >= 4 is 70.1 Å². The molecule has 1 aromatic heterocycles. The molecule has 54 heavy (non-hydrogen) atoms. The van der Waals surface area contributed by atoms with Crippen LogP contribution in [0.4, 0.5) is 17.1 Å². The summed E-state index contributed by atoms with van der Waals surface area (Å²) in [5, 5.41) is 7.73. The lowest BCUT2D eigenvalue weighted by Gasteiger charge is -2.45. The van der Waals surface area contributed by atoms with E-state index in [9.17, 15) is 0 Å². The summed E-state index contributed by atoms with van der Waals surface area (Å²) in [6, 6.07) is 68.8. The third-order valence-electron chi connectivity index (χ3n) is 11.7. The van der Waals surface area contributed by atoms with Crippen LogP contribution in [0.3, 0.4) is 0 Å². The van der Waals surface area contributed by atoms with Crippen molar-refractivity contribution in [1.82, 2.24) is 0 Å². The van der Waals surface area contributed by atoms with E-state index in [0.717, 1.165) is 34.1 Å². The van der Waals surface area contributed by atoms with Gasteiger partial charge in [-0.15, -0.1) is 11.3 Å². The second kappa shape index (κ2) is 11.2. The van der Waals surface area contributed by atoms with Crippen molar-refractivity contribution in [3.63, 3.8) is 0 Å². The monoisotopic (exact) mass is 705 g/mol. The summed E-state index contributed by atoms with van der Waals surface area (Å²) >= 11 is 1.88. The first-order valence-corrected chi connectivity index (χ1v) is 19.3. The van der Waals surface area contributed by atoms with Crippen molar-refractivity contribution in [2.45, 2.75) is 5.41 Å². The van der Waals surface area contributed by atoms with Crippen molar-refractivity contribution in [3.8, 4) is 22.6 Å². The number of hydrogen-bond donors (Lipinski definition) is 0. The molecule has 0 amide bonds. The van der Waals surface area contributed by atoms with E-state index in [4.69, 9.17) is 4.74 Å². The van der Waals surface area contributed by atoms with Crippen molar-refractivity contribution in [3.05, 3.63) is 210 Å². The van der Waals surface area contributed by atoms with Crippen LogP contribution in [0, 0.1) is 0 Å². The normalized spacial score (nSPS) is 15.3. The Morgan fingerprint density at radius 1 is 0.407 bits per heavy atom. The largest absolute Gasteiger partial charge is 0.457 e. The Kier molecular flexibility index (Phi) is 6.17. The molecule has 2 heterocycles. The topological polar surface area (TPSA) is 12.5 Å². The molecule has 0 radical (unpaired) electrons. The molecule has 0 saturated heterocycles. The van der Waals surface area contributed by atoms with Gasteiger partial charge in [0.15, 0.2) is 0 Å². The van der Waals surface area contributed by atoms with Crippen LogP contribution in [0.15, 0.2) is 188 Å². The molecule has 0 bridgehead atoms. The molecule has 252 valence electrons. The fourth-order valence-electron chi connectivity index (χ4n) is 9.48. The van der Waals surface area contributed by atoms with Gasteiger partial charge in [0.2, 0.25) is 0 Å². The number of rotatable bonds is 3. The molecule has 0 saturated carbocycles. The van der Waals surface area contributed by atoms with E-state index in [1.807, 2.05) is 11.3 Å². The number of ether oxygens (including phenoxy) is 1. The number of benzene rings is 9. The van der Waals surface area contributed by atoms with E-state index < -0.39 is 5.41 Å². The Morgan fingerprint density at radius 2 is 1.07 bits per heavy atom. The molecule has 0 N–H and O–H groups in total. The highest BCUT2D eigenvalue weighted by molar-refractivity contribution is 7.26. The summed E-state index contributed by atoms with van der Waals surface area (Å²) in [6.07, 6.45) is 0. The highest BCUT2D eigenvalue weighted by atomic mass is 32.1. The van der Waals surface area contributed by atoms with Gasteiger partial charge >= 0.3 is 0 Å². The first-order valence-electron chi connectivity index (χ1n) is 18.5. The zero-order chi connectivity index (χ0) is 35.4. The Morgan fingerprint density at radius 3 is 2.00 bits per heavy atom. The standard InChI is InChI=1S/C51H31NOS/c1-2-15-34(16-3-1)52(36-25-28-39-41-27-24-32-12-4-5-17-37(32)50(41)54-48(39)31-36)35-26-29-44-47(30-35)53-46-23-9-8-21-43(46)51(44)42-20-7-6-18-38(42)40-19-10-13-33-14-11-22-45(51)49(33)40/h1-31H. The van der Waals surface area contributed by atoms with Gasteiger partial charge in [-0.1, -0.05) is 146 Å². The van der Waals surface area contributed by atoms with Gasteiger partial charge in [-0.25, -0.2) is 0 Å². The number of hydrogen-bond acceptors (Lipinski definition) is 3. The Balaban J connectivity index is 1.10. The van der Waals surface area contributed by atoms with Gasteiger partial charge in [-0.05, 0) is 80.2 Å². The predicted octanol–water partition coefficient (Wildman–Crippen LogP) is 14.3. The summed E-state index contributed by atoms with van der Waals surface area (Å²) in [5.41, 5.74) is 10.1. The van der Waals surface area contributed by atoms with Gasteiger partial charge in [0, 0.05) is 54.4 Å². The molecule has 9 aromatic carbocycles. The van der Waals surface area contributed by atoms with Crippen LogP contribution in [0.25, 0.3) is 52.8 Å².